The molecule has 0 bridgehead atoms. The van der Waals surface area contributed by atoms with Crippen molar-refractivity contribution in [1.82, 2.24) is 9.88 Å². The van der Waals surface area contributed by atoms with Gasteiger partial charge >= 0.3 is 0 Å². The first kappa shape index (κ1) is 17.9. The number of aromatic nitrogens is 1. The van der Waals surface area contributed by atoms with E-state index in [1.165, 1.54) is 11.3 Å². The van der Waals surface area contributed by atoms with Crippen LogP contribution in [0.15, 0.2) is 24.3 Å². The molecule has 1 aromatic carbocycles. The van der Waals surface area contributed by atoms with Crippen molar-refractivity contribution in [2.45, 2.75) is 39.2 Å². The second kappa shape index (κ2) is 8.45. The zero-order valence-electron chi connectivity index (χ0n) is 14.9. The summed E-state index contributed by atoms with van der Waals surface area (Å²) in [6, 6.07) is 7.34. The van der Waals surface area contributed by atoms with Crippen LogP contribution in [0.1, 0.15) is 47.1 Å². The Balaban J connectivity index is 1.61. The maximum atomic E-state index is 12.5. The topological polar surface area (TPSA) is 54.5 Å². The van der Waals surface area contributed by atoms with E-state index in [0.29, 0.717) is 17.3 Å². The fraction of sp³-hybridized carbons (Fsp3) is 0.474. The first-order valence-electron chi connectivity index (χ1n) is 8.87. The number of anilines is 1. The number of ether oxygens (including phenoxy) is 1. The number of carbonyl (C=O) groups excluding carboxylic acids is 1. The van der Waals surface area contributed by atoms with Gasteiger partial charge in [-0.3, -0.25) is 10.1 Å². The SMILES string of the molecule is CCCCCOc1cccc(C(=O)Nc2nc3c(s2)CN(C)CC3)c1. The standard InChI is InChI=1S/C19H25N3O2S/c1-3-4-5-11-24-15-8-6-7-14(12-15)18(23)21-19-20-16-9-10-22(2)13-17(16)25-19/h6-8,12H,3-5,9-11,13H2,1-2H3,(H,20,21,23). The molecule has 0 saturated carbocycles. The van der Waals surface area contributed by atoms with Crippen molar-refractivity contribution in [3.8, 4) is 5.75 Å². The number of unbranched alkanes of at least 4 members (excludes halogenated alkanes) is 2. The molecule has 5 nitrogen and oxygen atoms in total. The van der Waals surface area contributed by atoms with Gasteiger partial charge in [-0.05, 0) is 31.7 Å². The Bertz CT molecular complexity index is 729. The summed E-state index contributed by atoms with van der Waals surface area (Å²) in [7, 11) is 2.10. The first-order valence-corrected chi connectivity index (χ1v) is 9.68. The van der Waals surface area contributed by atoms with Crippen molar-refractivity contribution < 1.29 is 9.53 Å². The molecule has 0 atom stereocenters. The molecule has 134 valence electrons. The maximum Gasteiger partial charge on any atom is 0.257 e. The van der Waals surface area contributed by atoms with Crippen LogP contribution in [-0.2, 0) is 13.0 Å². The van der Waals surface area contributed by atoms with E-state index in [1.54, 1.807) is 23.5 Å². The molecular weight excluding hydrogens is 334 g/mol. The monoisotopic (exact) mass is 359 g/mol. The van der Waals surface area contributed by atoms with Crippen LogP contribution in [-0.4, -0.2) is 36.0 Å². The smallest absolute Gasteiger partial charge is 0.257 e. The average molecular weight is 359 g/mol. The lowest BCUT2D eigenvalue weighted by atomic mass is 10.2. The fourth-order valence-corrected chi connectivity index (χ4v) is 3.90. The molecule has 2 aromatic rings. The van der Waals surface area contributed by atoms with Crippen LogP contribution in [0.5, 0.6) is 5.75 Å². The molecule has 0 aliphatic carbocycles. The number of hydrogen-bond donors (Lipinski definition) is 1. The third-order valence-corrected chi connectivity index (χ3v) is 5.25. The molecule has 1 aromatic heterocycles. The zero-order chi connectivity index (χ0) is 17.6. The second-order valence-corrected chi connectivity index (χ2v) is 7.50. The Labute approximate surface area is 153 Å². The number of thiazole rings is 1. The van der Waals surface area contributed by atoms with Gasteiger partial charge in [0.25, 0.3) is 5.91 Å². The zero-order valence-corrected chi connectivity index (χ0v) is 15.7. The average Bonchev–Trinajstić information content (AvgIpc) is 3.00. The third-order valence-electron chi connectivity index (χ3n) is 4.26. The summed E-state index contributed by atoms with van der Waals surface area (Å²) in [5.41, 5.74) is 1.71. The lowest BCUT2D eigenvalue weighted by Crippen LogP contribution is -2.25. The van der Waals surface area contributed by atoms with Crippen molar-refractivity contribution in [3.05, 3.63) is 40.4 Å². The molecule has 0 fully saturated rings. The Kier molecular flexibility index (Phi) is 6.04. The molecule has 3 rings (SSSR count). The van der Waals surface area contributed by atoms with Gasteiger partial charge in [0.1, 0.15) is 5.75 Å². The molecule has 1 aliphatic rings. The highest BCUT2D eigenvalue weighted by atomic mass is 32.1. The van der Waals surface area contributed by atoms with E-state index in [4.69, 9.17) is 4.74 Å². The van der Waals surface area contributed by atoms with Gasteiger partial charge < -0.3 is 9.64 Å². The van der Waals surface area contributed by atoms with E-state index >= 15 is 0 Å². The number of nitrogens with zero attached hydrogens (tertiary/aromatic N) is 2. The normalized spacial score (nSPS) is 14.2. The lowest BCUT2D eigenvalue weighted by molar-refractivity contribution is 0.102. The Morgan fingerprint density at radius 2 is 2.28 bits per heavy atom. The Morgan fingerprint density at radius 1 is 1.40 bits per heavy atom. The minimum absolute atomic E-state index is 0.140. The van der Waals surface area contributed by atoms with Crippen molar-refractivity contribution in [2.24, 2.45) is 0 Å². The predicted molar refractivity (Wildman–Crippen MR) is 102 cm³/mol. The van der Waals surface area contributed by atoms with Gasteiger partial charge in [0.15, 0.2) is 5.13 Å². The quantitative estimate of drug-likeness (QED) is 0.761. The number of hydrogen-bond acceptors (Lipinski definition) is 5. The fourth-order valence-electron chi connectivity index (χ4n) is 2.82. The van der Waals surface area contributed by atoms with Gasteiger partial charge in [0, 0.05) is 30.0 Å². The summed E-state index contributed by atoms with van der Waals surface area (Å²) >= 11 is 1.57. The molecule has 2 heterocycles. The van der Waals surface area contributed by atoms with E-state index in [2.05, 4.69) is 29.2 Å². The summed E-state index contributed by atoms with van der Waals surface area (Å²) < 4.78 is 5.73. The first-order chi connectivity index (χ1) is 12.2. The highest BCUT2D eigenvalue weighted by Crippen LogP contribution is 2.28. The maximum absolute atomic E-state index is 12.5. The van der Waals surface area contributed by atoms with Gasteiger partial charge in [-0.25, -0.2) is 4.98 Å². The molecule has 0 saturated heterocycles. The van der Waals surface area contributed by atoms with Gasteiger partial charge in [0.05, 0.1) is 12.3 Å². The van der Waals surface area contributed by atoms with Crippen molar-refractivity contribution in [2.75, 3.05) is 25.5 Å². The van der Waals surface area contributed by atoms with Gasteiger partial charge in [-0.15, -0.1) is 11.3 Å². The molecule has 0 unspecified atom stereocenters. The Morgan fingerprint density at radius 3 is 3.12 bits per heavy atom. The minimum Gasteiger partial charge on any atom is -0.494 e. The van der Waals surface area contributed by atoms with Gasteiger partial charge in [0.2, 0.25) is 0 Å². The van der Waals surface area contributed by atoms with E-state index in [-0.39, 0.29) is 5.91 Å². The van der Waals surface area contributed by atoms with Crippen LogP contribution < -0.4 is 10.1 Å². The summed E-state index contributed by atoms with van der Waals surface area (Å²) in [6.07, 6.45) is 4.30. The second-order valence-electron chi connectivity index (χ2n) is 6.41. The minimum atomic E-state index is -0.140. The van der Waals surface area contributed by atoms with Crippen LogP contribution in [0.3, 0.4) is 0 Å². The van der Waals surface area contributed by atoms with Gasteiger partial charge in [-0.1, -0.05) is 25.8 Å². The van der Waals surface area contributed by atoms with E-state index in [1.807, 2.05) is 12.1 Å². The molecule has 6 heteroatoms. The number of nitrogens with one attached hydrogen (secondary N) is 1. The molecule has 0 spiro atoms. The molecule has 1 amide bonds. The number of carbonyl (C=O) groups is 1. The van der Waals surface area contributed by atoms with Crippen LogP contribution in [0.2, 0.25) is 0 Å². The van der Waals surface area contributed by atoms with Crippen LogP contribution in [0, 0.1) is 0 Å². The van der Waals surface area contributed by atoms with Gasteiger partial charge in [-0.2, -0.15) is 0 Å². The van der Waals surface area contributed by atoms with E-state index in [0.717, 1.165) is 43.8 Å². The number of fused-ring (bicyclic) bond motifs is 1. The molecule has 1 aliphatic heterocycles. The van der Waals surface area contributed by atoms with Crippen LogP contribution in [0.25, 0.3) is 0 Å². The Hall–Kier alpha value is -1.92. The van der Waals surface area contributed by atoms with Crippen molar-refractivity contribution in [1.29, 1.82) is 0 Å². The van der Waals surface area contributed by atoms with E-state index in [9.17, 15) is 4.79 Å². The van der Waals surface area contributed by atoms with Crippen molar-refractivity contribution in [3.63, 3.8) is 0 Å². The molecule has 1 N–H and O–H groups in total. The highest BCUT2D eigenvalue weighted by molar-refractivity contribution is 7.15. The molecule has 25 heavy (non-hydrogen) atoms. The summed E-state index contributed by atoms with van der Waals surface area (Å²) in [5, 5.41) is 3.61. The summed E-state index contributed by atoms with van der Waals surface area (Å²) in [4.78, 5) is 20.6. The van der Waals surface area contributed by atoms with Crippen LogP contribution >= 0.6 is 11.3 Å². The summed E-state index contributed by atoms with van der Waals surface area (Å²) in [6.45, 7) is 4.77. The van der Waals surface area contributed by atoms with E-state index < -0.39 is 0 Å². The number of likely N-dealkylation sites (N-methyl/N-ethyl adjacent to an activating group) is 1. The lowest BCUT2D eigenvalue weighted by Gasteiger charge is -2.20. The molecule has 0 radical (unpaired) electrons. The summed E-state index contributed by atoms with van der Waals surface area (Å²) in [5.74, 6) is 0.599. The number of benzene rings is 1. The highest BCUT2D eigenvalue weighted by Gasteiger charge is 2.19. The molecular formula is C19H25N3O2S. The number of amides is 1. The number of rotatable bonds is 7. The largest absolute Gasteiger partial charge is 0.494 e. The van der Waals surface area contributed by atoms with Crippen molar-refractivity contribution >= 4 is 22.4 Å². The van der Waals surface area contributed by atoms with Crippen LogP contribution in [0.4, 0.5) is 5.13 Å². The predicted octanol–water partition coefficient (Wildman–Crippen LogP) is 3.95. The third kappa shape index (κ3) is 4.80.